The number of nitrogens with zero attached hydrogens (tertiary/aromatic N) is 2. The molecule has 0 radical (unpaired) electrons. The van der Waals surface area contributed by atoms with Gasteiger partial charge in [-0.2, -0.15) is 18.4 Å². The van der Waals surface area contributed by atoms with Crippen molar-refractivity contribution in [3.05, 3.63) is 29.3 Å². The number of carboxylic acids is 1. The monoisotopic (exact) mass is 300 g/mol. The predicted molar refractivity (Wildman–Crippen MR) is 70.8 cm³/mol. The lowest BCUT2D eigenvalue weighted by molar-refractivity contribution is -0.137. The van der Waals surface area contributed by atoms with E-state index in [-0.39, 0.29) is 11.6 Å². The Kier molecular flexibility index (Phi) is 5.19. The summed E-state index contributed by atoms with van der Waals surface area (Å²) in [6, 6.07) is 4.71. The lowest BCUT2D eigenvalue weighted by Gasteiger charge is -2.25. The molecule has 0 saturated carbocycles. The van der Waals surface area contributed by atoms with Crippen molar-refractivity contribution in [2.24, 2.45) is 5.92 Å². The topological polar surface area (TPSA) is 64.3 Å². The molecule has 0 amide bonds. The van der Waals surface area contributed by atoms with E-state index in [4.69, 9.17) is 10.4 Å². The van der Waals surface area contributed by atoms with Crippen LogP contribution in [0.3, 0.4) is 0 Å². The highest BCUT2D eigenvalue weighted by Gasteiger charge is 2.34. The van der Waals surface area contributed by atoms with Crippen molar-refractivity contribution in [1.82, 2.24) is 0 Å². The van der Waals surface area contributed by atoms with Crippen LogP contribution in [-0.4, -0.2) is 24.2 Å². The molecule has 0 saturated heterocycles. The molecule has 0 atom stereocenters. The first-order valence-corrected chi connectivity index (χ1v) is 6.23. The third kappa shape index (κ3) is 4.67. The zero-order valence-corrected chi connectivity index (χ0v) is 11.6. The third-order valence-electron chi connectivity index (χ3n) is 2.71. The van der Waals surface area contributed by atoms with Gasteiger partial charge in [0.2, 0.25) is 0 Å². The highest BCUT2D eigenvalue weighted by molar-refractivity contribution is 5.74. The van der Waals surface area contributed by atoms with Crippen molar-refractivity contribution in [2.45, 2.75) is 20.0 Å². The summed E-state index contributed by atoms with van der Waals surface area (Å²) in [4.78, 5) is 12.2. The molecule has 114 valence electrons. The summed E-state index contributed by atoms with van der Waals surface area (Å²) < 4.78 is 38.8. The van der Waals surface area contributed by atoms with Crippen molar-refractivity contribution in [3.63, 3.8) is 0 Å². The molecule has 0 unspecified atom stereocenters. The molecule has 0 aliphatic heterocycles. The quantitative estimate of drug-likeness (QED) is 0.907. The number of aliphatic carboxylic acids is 1. The highest BCUT2D eigenvalue weighted by Crippen LogP contribution is 2.34. The lowest BCUT2D eigenvalue weighted by atomic mass is 10.1. The van der Waals surface area contributed by atoms with E-state index in [2.05, 4.69) is 0 Å². The maximum absolute atomic E-state index is 12.9. The Morgan fingerprint density at radius 2 is 2.05 bits per heavy atom. The van der Waals surface area contributed by atoms with Gasteiger partial charge in [0, 0.05) is 12.2 Å². The fraction of sp³-hybridized carbons (Fsp3) is 0.429. The van der Waals surface area contributed by atoms with Gasteiger partial charge in [-0.25, -0.2) is 0 Å². The van der Waals surface area contributed by atoms with E-state index in [0.29, 0.717) is 6.54 Å². The number of nitriles is 1. The molecule has 1 rings (SSSR count). The number of hydrogen-bond donors (Lipinski definition) is 1. The molecule has 0 aliphatic carbocycles. The zero-order valence-electron chi connectivity index (χ0n) is 11.6. The maximum atomic E-state index is 12.9. The van der Waals surface area contributed by atoms with Crippen LogP contribution >= 0.6 is 0 Å². The minimum absolute atomic E-state index is 0.0781. The fourth-order valence-corrected chi connectivity index (χ4v) is 1.93. The van der Waals surface area contributed by atoms with Gasteiger partial charge in [-0.15, -0.1) is 0 Å². The van der Waals surface area contributed by atoms with Crippen LogP contribution in [0.2, 0.25) is 0 Å². The zero-order chi connectivity index (χ0) is 16.2. The van der Waals surface area contributed by atoms with E-state index in [9.17, 15) is 18.0 Å². The summed E-state index contributed by atoms with van der Waals surface area (Å²) in [5.74, 6) is -1.05. The van der Waals surface area contributed by atoms with Gasteiger partial charge in [0.05, 0.1) is 17.2 Å². The van der Waals surface area contributed by atoms with Gasteiger partial charge in [-0.1, -0.05) is 13.8 Å². The van der Waals surface area contributed by atoms with Gasteiger partial charge >= 0.3 is 12.1 Å². The smallest absolute Gasteiger partial charge is 0.417 e. The van der Waals surface area contributed by atoms with E-state index < -0.39 is 29.8 Å². The Morgan fingerprint density at radius 3 is 2.48 bits per heavy atom. The van der Waals surface area contributed by atoms with E-state index >= 15 is 0 Å². The number of anilines is 1. The molecule has 7 heteroatoms. The van der Waals surface area contributed by atoms with Crippen LogP contribution in [-0.2, 0) is 11.0 Å². The van der Waals surface area contributed by atoms with Crippen molar-refractivity contribution >= 4 is 11.7 Å². The molecule has 1 aromatic rings. The average Bonchev–Trinajstić information content (AvgIpc) is 2.35. The molecule has 1 aromatic carbocycles. The largest absolute Gasteiger partial charge is 0.480 e. The molecule has 0 fully saturated rings. The Hall–Kier alpha value is -2.23. The van der Waals surface area contributed by atoms with Crippen LogP contribution in [0.15, 0.2) is 18.2 Å². The van der Waals surface area contributed by atoms with Gasteiger partial charge in [-0.3, -0.25) is 4.79 Å². The molecule has 0 spiro atoms. The first-order valence-electron chi connectivity index (χ1n) is 6.23. The summed E-state index contributed by atoms with van der Waals surface area (Å²) in [5.41, 5.74) is -1.40. The normalized spacial score (nSPS) is 11.3. The molecule has 0 heterocycles. The van der Waals surface area contributed by atoms with E-state index in [1.807, 2.05) is 13.8 Å². The van der Waals surface area contributed by atoms with E-state index in [1.165, 1.54) is 17.0 Å². The Balaban J connectivity index is 3.27. The van der Waals surface area contributed by atoms with Crippen LogP contribution in [0.4, 0.5) is 18.9 Å². The van der Waals surface area contributed by atoms with Crippen LogP contribution in [0, 0.1) is 17.2 Å². The number of carbonyl (C=O) groups is 1. The van der Waals surface area contributed by atoms with Crippen LogP contribution < -0.4 is 4.90 Å². The molecule has 4 nitrogen and oxygen atoms in total. The minimum atomic E-state index is -4.66. The first-order chi connectivity index (χ1) is 9.65. The number of alkyl halides is 3. The summed E-state index contributed by atoms with van der Waals surface area (Å²) in [5, 5.41) is 17.6. The number of halogens is 3. The minimum Gasteiger partial charge on any atom is -0.480 e. The first kappa shape index (κ1) is 16.8. The predicted octanol–water partition coefficient (Wildman–Crippen LogP) is 3.12. The fourth-order valence-electron chi connectivity index (χ4n) is 1.93. The lowest BCUT2D eigenvalue weighted by Crippen LogP contribution is -2.33. The summed E-state index contributed by atoms with van der Waals surface area (Å²) in [6.07, 6.45) is -4.66. The van der Waals surface area contributed by atoms with Gasteiger partial charge < -0.3 is 10.0 Å². The number of benzene rings is 1. The summed E-state index contributed by atoms with van der Waals surface area (Å²) >= 11 is 0. The number of hydrogen-bond acceptors (Lipinski definition) is 3. The Morgan fingerprint density at radius 1 is 1.43 bits per heavy atom. The molecule has 0 aliphatic rings. The molecule has 21 heavy (non-hydrogen) atoms. The standard InChI is InChI=1S/C14H15F3N2O2/c1-9(2)7-19(8-13(20)21)11-4-3-10(6-18)12(5-11)14(15,16)17/h3-5,9H,7-8H2,1-2H3,(H,20,21). The van der Waals surface area contributed by atoms with Crippen molar-refractivity contribution < 1.29 is 23.1 Å². The molecule has 0 aromatic heterocycles. The Labute approximate surface area is 120 Å². The molecular formula is C14H15F3N2O2. The van der Waals surface area contributed by atoms with Crippen molar-refractivity contribution in [3.8, 4) is 6.07 Å². The van der Waals surface area contributed by atoms with Gasteiger partial charge in [0.25, 0.3) is 0 Å². The average molecular weight is 300 g/mol. The second kappa shape index (κ2) is 6.48. The van der Waals surface area contributed by atoms with Crippen LogP contribution in [0.5, 0.6) is 0 Å². The molecule has 0 bridgehead atoms. The van der Waals surface area contributed by atoms with E-state index in [0.717, 1.165) is 12.1 Å². The molecular weight excluding hydrogens is 285 g/mol. The van der Waals surface area contributed by atoms with Gasteiger partial charge in [0.15, 0.2) is 0 Å². The number of carboxylic acid groups (broad SMARTS) is 1. The van der Waals surface area contributed by atoms with E-state index in [1.54, 1.807) is 0 Å². The van der Waals surface area contributed by atoms with Crippen LogP contribution in [0.25, 0.3) is 0 Å². The second-order valence-electron chi connectivity index (χ2n) is 5.01. The summed E-state index contributed by atoms with van der Waals surface area (Å²) in [6.45, 7) is 3.57. The third-order valence-corrected chi connectivity index (χ3v) is 2.71. The SMILES string of the molecule is CC(C)CN(CC(=O)O)c1ccc(C#N)c(C(F)(F)F)c1. The number of rotatable bonds is 5. The van der Waals surface area contributed by atoms with Crippen molar-refractivity contribution in [1.29, 1.82) is 5.26 Å². The second-order valence-corrected chi connectivity index (χ2v) is 5.01. The Bertz CT molecular complexity index is 562. The maximum Gasteiger partial charge on any atom is 0.417 e. The van der Waals surface area contributed by atoms with Crippen LogP contribution in [0.1, 0.15) is 25.0 Å². The highest BCUT2D eigenvalue weighted by atomic mass is 19.4. The van der Waals surface area contributed by atoms with Crippen molar-refractivity contribution in [2.75, 3.05) is 18.0 Å². The summed E-state index contributed by atoms with van der Waals surface area (Å²) in [7, 11) is 0. The van der Waals surface area contributed by atoms with Gasteiger partial charge in [-0.05, 0) is 24.1 Å². The van der Waals surface area contributed by atoms with Gasteiger partial charge in [0.1, 0.15) is 6.54 Å². The molecule has 1 N–H and O–H groups in total.